The number of hydrogen-bond acceptors (Lipinski definition) is 4. The Morgan fingerprint density at radius 2 is 1.79 bits per heavy atom. The van der Waals surface area contributed by atoms with Crippen molar-refractivity contribution in [2.75, 3.05) is 38.7 Å². The molecule has 3 aromatic rings. The fourth-order valence-electron chi connectivity index (χ4n) is 3.29. The van der Waals surface area contributed by atoms with Gasteiger partial charge in [0.15, 0.2) is 0 Å². The van der Waals surface area contributed by atoms with Crippen molar-refractivity contribution in [3.63, 3.8) is 0 Å². The van der Waals surface area contributed by atoms with E-state index in [-0.39, 0.29) is 25.6 Å². The second-order valence-corrected chi connectivity index (χ2v) is 8.44. The summed E-state index contributed by atoms with van der Waals surface area (Å²) in [5.41, 5.74) is 1.52. The number of amides is 3. The predicted octanol–water partition coefficient (Wildman–Crippen LogP) is 5.34. The van der Waals surface area contributed by atoms with Gasteiger partial charge in [0, 0.05) is 25.2 Å². The molecule has 0 aliphatic heterocycles. The molecule has 3 amide bonds. The lowest BCUT2D eigenvalue weighted by atomic mass is 10.1. The van der Waals surface area contributed by atoms with Crippen molar-refractivity contribution >= 4 is 40.8 Å². The van der Waals surface area contributed by atoms with Crippen molar-refractivity contribution in [1.82, 2.24) is 9.80 Å². The van der Waals surface area contributed by atoms with Crippen LogP contribution in [0.4, 0.5) is 10.5 Å². The standard InChI is InChI=1S/C25H27Cl2N3O4/c1-33-15-13-30(25(32)28-23-10-9-20(26)16-22(23)27)18-24(31)29(17-21-8-5-14-34-21)12-11-19-6-3-2-4-7-19/h2-10,14,16H,11-13,15,17-18H2,1H3,(H,28,32). The van der Waals surface area contributed by atoms with Crippen LogP contribution in [0.5, 0.6) is 0 Å². The number of ether oxygens (including phenoxy) is 1. The molecular weight excluding hydrogens is 477 g/mol. The molecule has 180 valence electrons. The molecule has 1 N–H and O–H groups in total. The van der Waals surface area contributed by atoms with Gasteiger partial charge < -0.3 is 24.3 Å². The van der Waals surface area contributed by atoms with Crippen LogP contribution in [-0.4, -0.2) is 55.1 Å². The number of carbonyl (C=O) groups excluding carboxylic acids is 2. The van der Waals surface area contributed by atoms with E-state index < -0.39 is 6.03 Å². The number of methoxy groups -OCH3 is 1. The third-order valence-corrected chi connectivity index (χ3v) is 5.69. The molecule has 1 heterocycles. The summed E-state index contributed by atoms with van der Waals surface area (Å²) < 4.78 is 10.6. The van der Waals surface area contributed by atoms with Crippen LogP contribution >= 0.6 is 23.2 Å². The van der Waals surface area contributed by atoms with Crippen LogP contribution in [-0.2, 0) is 22.5 Å². The first-order valence-electron chi connectivity index (χ1n) is 10.8. The van der Waals surface area contributed by atoms with E-state index in [0.29, 0.717) is 41.0 Å². The lowest BCUT2D eigenvalue weighted by molar-refractivity contribution is -0.132. The lowest BCUT2D eigenvalue weighted by Crippen LogP contribution is -2.46. The van der Waals surface area contributed by atoms with Crippen LogP contribution in [0.15, 0.2) is 71.3 Å². The molecule has 0 radical (unpaired) electrons. The molecule has 2 aromatic carbocycles. The number of benzene rings is 2. The molecule has 0 bridgehead atoms. The van der Waals surface area contributed by atoms with Gasteiger partial charge in [-0.3, -0.25) is 4.79 Å². The highest BCUT2D eigenvalue weighted by Gasteiger charge is 2.23. The van der Waals surface area contributed by atoms with Crippen molar-refractivity contribution < 1.29 is 18.7 Å². The van der Waals surface area contributed by atoms with Crippen LogP contribution in [0.3, 0.4) is 0 Å². The number of anilines is 1. The zero-order valence-corrected chi connectivity index (χ0v) is 20.4. The Bertz CT molecular complexity index is 1060. The molecule has 9 heteroatoms. The van der Waals surface area contributed by atoms with Gasteiger partial charge in [0.25, 0.3) is 0 Å². The molecule has 0 saturated heterocycles. The Morgan fingerprint density at radius 1 is 1.00 bits per heavy atom. The predicted molar refractivity (Wildman–Crippen MR) is 133 cm³/mol. The Hall–Kier alpha value is -3.00. The number of halogens is 2. The smallest absolute Gasteiger partial charge is 0.322 e. The molecule has 34 heavy (non-hydrogen) atoms. The quantitative estimate of drug-likeness (QED) is 0.383. The normalized spacial score (nSPS) is 10.7. The minimum Gasteiger partial charge on any atom is -0.467 e. The first kappa shape index (κ1) is 25.6. The van der Waals surface area contributed by atoms with E-state index in [4.69, 9.17) is 32.4 Å². The summed E-state index contributed by atoms with van der Waals surface area (Å²) in [4.78, 5) is 29.4. The topological polar surface area (TPSA) is 75.0 Å². The molecule has 0 spiro atoms. The number of furan rings is 1. The highest BCUT2D eigenvalue weighted by Crippen LogP contribution is 2.25. The summed E-state index contributed by atoms with van der Waals surface area (Å²) in [6, 6.07) is 17.8. The molecular formula is C25H27Cl2N3O4. The fraction of sp³-hybridized carbons (Fsp3) is 0.280. The summed E-state index contributed by atoms with van der Waals surface area (Å²) in [6.07, 6.45) is 2.25. The van der Waals surface area contributed by atoms with Crippen molar-refractivity contribution in [3.8, 4) is 0 Å². The van der Waals surface area contributed by atoms with Gasteiger partial charge in [0.2, 0.25) is 5.91 Å². The Labute approximate surface area is 209 Å². The average Bonchev–Trinajstić information content (AvgIpc) is 3.35. The molecule has 1 aromatic heterocycles. The number of carbonyl (C=O) groups is 2. The zero-order chi connectivity index (χ0) is 24.3. The number of rotatable bonds is 11. The SMILES string of the molecule is COCCN(CC(=O)N(CCc1ccccc1)Cc1ccco1)C(=O)Nc1ccc(Cl)cc1Cl. The number of nitrogens with one attached hydrogen (secondary N) is 1. The number of hydrogen-bond donors (Lipinski definition) is 1. The minimum absolute atomic E-state index is 0.129. The minimum atomic E-state index is -0.462. The Kier molecular flexibility index (Phi) is 9.82. The highest BCUT2D eigenvalue weighted by molar-refractivity contribution is 6.36. The van der Waals surface area contributed by atoms with Crippen LogP contribution in [0.2, 0.25) is 10.0 Å². The van der Waals surface area contributed by atoms with Crippen LogP contribution < -0.4 is 5.32 Å². The van der Waals surface area contributed by atoms with Gasteiger partial charge in [-0.15, -0.1) is 0 Å². The second kappa shape index (κ2) is 13.0. The van der Waals surface area contributed by atoms with Crippen molar-refractivity contribution in [2.24, 2.45) is 0 Å². The van der Waals surface area contributed by atoms with Crippen LogP contribution in [0.1, 0.15) is 11.3 Å². The summed E-state index contributed by atoms with van der Waals surface area (Å²) in [6.45, 7) is 1.16. The van der Waals surface area contributed by atoms with Gasteiger partial charge in [-0.25, -0.2) is 4.79 Å². The molecule has 0 aliphatic carbocycles. The molecule has 7 nitrogen and oxygen atoms in total. The van der Waals surface area contributed by atoms with Gasteiger partial charge in [-0.05, 0) is 42.3 Å². The van der Waals surface area contributed by atoms with Crippen LogP contribution in [0, 0.1) is 0 Å². The highest BCUT2D eigenvalue weighted by atomic mass is 35.5. The molecule has 0 aliphatic rings. The van der Waals surface area contributed by atoms with Crippen molar-refractivity contribution in [1.29, 1.82) is 0 Å². The average molecular weight is 504 g/mol. The van der Waals surface area contributed by atoms with E-state index in [1.807, 2.05) is 36.4 Å². The lowest BCUT2D eigenvalue weighted by Gasteiger charge is -2.27. The molecule has 3 rings (SSSR count). The van der Waals surface area contributed by atoms with Gasteiger partial charge in [-0.1, -0.05) is 53.5 Å². The summed E-state index contributed by atoms with van der Waals surface area (Å²) in [7, 11) is 1.54. The van der Waals surface area contributed by atoms with Gasteiger partial charge in [0.1, 0.15) is 12.3 Å². The zero-order valence-electron chi connectivity index (χ0n) is 18.9. The first-order chi connectivity index (χ1) is 16.5. The monoisotopic (exact) mass is 503 g/mol. The van der Waals surface area contributed by atoms with Gasteiger partial charge in [0.05, 0.1) is 30.1 Å². The molecule has 0 unspecified atom stereocenters. The van der Waals surface area contributed by atoms with E-state index in [1.54, 1.807) is 29.4 Å². The maximum absolute atomic E-state index is 13.3. The summed E-state index contributed by atoms with van der Waals surface area (Å²) in [5.74, 6) is 0.461. The number of nitrogens with zero attached hydrogens (tertiary/aromatic N) is 2. The molecule has 0 fully saturated rings. The van der Waals surface area contributed by atoms with Crippen molar-refractivity contribution in [2.45, 2.75) is 13.0 Å². The second-order valence-electron chi connectivity index (χ2n) is 7.60. The third kappa shape index (κ3) is 7.80. The number of urea groups is 1. The van der Waals surface area contributed by atoms with E-state index in [9.17, 15) is 9.59 Å². The summed E-state index contributed by atoms with van der Waals surface area (Å²) in [5, 5.41) is 3.51. The van der Waals surface area contributed by atoms with Crippen LogP contribution in [0.25, 0.3) is 0 Å². The third-order valence-electron chi connectivity index (χ3n) is 5.14. The van der Waals surface area contributed by atoms with E-state index in [1.165, 1.54) is 18.1 Å². The van der Waals surface area contributed by atoms with E-state index in [2.05, 4.69) is 5.32 Å². The van der Waals surface area contributed by atoms with Gasteiger partial charge in [-0.2, -0.15) is 0 Å². The van der Waals surface area contributed by atoms with Gasteiger partial charge >= 0.3 is 6.03 Å². The van der Waals surface area contributed by atoms with E-state index >= 15 is 0 Å². The Morgan fingerprint density at radius 3 is 2.47 bits per heavy atom. The van der Waals surface area contributed by atoms with E-state index in [0.717, 1.165) is 5.56 Å². The largest absolute Gasteiger partial charge is 0.467 e. The Balaban J connectivity index is 1.71. The molecule has 0 atom stereocenters. The summed E-state index contributed by atoms with van der Waals surface area (Å²) >= 11 is 12.1. The molecule has 0 saturated carbocycles. The fourth-order valence-corrected chi connectivity index (χ4v) is 3.75. The first-order valence-corrected chi connectivity index (χ1v) is 11.6. The maximum atomic E-state index is 13.3. The van der Waals surface area contributed by atoms with Crippen molar-refractivity contribution in [3.05, 3.63) is 88.3 Å². The maximum Gasteiger partial charge on any atom is 0.322 e.